The van der Waals surface area contributed by atoms with E-state index in [9.17, 15) is 23.1 Å². The van der Waals surface area contributed by atoms with Crippen molar-refractivity contribution in [1.29, 1.82) is 0 Å². The van der Waals surface area contributed by atoms with Crippen LogP contribution in [0.1, 0.15) is 36.8 Å². The predicted molar refractivity (Wildman–Crippen MR) is 65.3 cm³/mol. The average molecular weight is 302 g/mol. The van der Waals surface area contributed by atoms with Gasteiger partial charge in [0.1, 0.15) is 0 Å². The SMILES string of the molecule is O=C(O)C1(c2c(C(F)(F)F)ccc3c2OCO3)CCCC1. The summed E-state index contributed by atoms with van der Waals surface area (Å²) in [5.74, 6) is -1.14. The summed E-state index contributed by atoms with van der Waals surface area (Å²) in [6, 6.07) is 2.06. The lowest BCUT2D eigenvalue weighted by Crippen LogP contribution is -2.35. The Balaban J connectivity index is 2.29. The highest BCUT2D eigenvalue weighted by Gasteiger charge is 2.51. The Hall–Kier alpha value is -1.92. The molecule has 0 unspecified atom stereocenters. The van der Waals surface area contributed by atoms with Crippen molar-refractivity contribution in [3.05, 3.63) is 23.3 Å². The number of fused-ring (bicyclic) bond motifs is 1. The quantitative estimate of drug-likeness (QED) is 0.910. The molecule has 0 atom stereocenters. The molecular formula is C14H13F3O4. The minimum atomic E-state index is -4.64. The zero-order valence-corrected chi connectivity index (χ0v) is 11.0. The Bertz CT molecular complexity index is 589. The minimum Gasteiger partial charge on any atom is -0.481 e. The molecule has 7 heteroatoms. The van der Waals surface area contributed by atoms with Crippen LogP contribution < -0.4 is 9.47 Å². The van der Waals surface area contributed by atoms with Crippen molar-refractivity contribution in [2.45, 2.75) is 37.3 Å². The summed E-state index contributed by atoms with van der Waals surface area (Å²) in [7, 11) is 0. The first kappa shape index (κ1) is 14.0. The maximum Gasteiger partial charge on any atom is 0.416 e. The van der Waals surface area contributed by atoms with E-state index >= 15 is 0 Å². The molecule has 1 saturated carbocycles. The molecule has 2 aliphatic rings. The van der Waals surface area contributed by atoms with Crippen LogP contribution in [0.15, 0.2) is 12.1 Å². The van der Waals surface area contributed by atoms with Gasteiger partial charge >= 0.3 is 12.1 Å². The monoisotopic (exact) mass is 302 g/mol. The van der Waals surface area contributed by atoms with Crippen molar-refractivity contribution in [2.24, 2.45) is 0 Å². The van der Waals surface area contributed by atoms with Gasteiger partial charge in [-0.15, -0.1) is 0 Å². The molecule has 0 saturated heterocycles. The number of carboxylic acid groups (broad SMARTS) is 1. The molecule has 0 amide bonds. The van der Waals surface area contributed by atoms with Gasteiger partial charge in [0.15, 0.2) is 11.5 Å². The van der Waals surface area contributed by atoms with Crippen molar-refractivity contribution in [3.8, 4) is 11.5 Å². The Kier molecular flexibility index (Phi) is 3.04. The lowest BCUT2D eigenvalue weighted by molar-refractivity contribution is -0.146. The Morgan fingerprint density at radius 3 is 2.43 bits per heavy atom. The summed E-state index contributed by atoms with van der Waals surface area (Å²) in [6.45, 7) is -0.195. The highest BCUT2D eigenvalue weighted by Crippen LogP contribution is 2.53. The highest BCUT2D eigenvalue weighted by molar-refractivity contribution is 5.84. The smallest absolute Gasteiger partial charge is 0.416 e. The van der Waals surface area contributed by atoms with E-state index in [0.717, 1.165) is 6.07 Å². The first-order valence-corrected chi connectivity index (χ1v) is 6.60. The number of carboxylic acids is 1. The van der Waals surface area contributed by atoms with E-state index in [1.807, 2.05) is 0 Å². The third-order valence-electron chi connectivity index (χ3n) is 4.19. The van der Waals surface area contributed by atoms with Gasteiger partial charge in [-0.05, 0) is 25.0 Å². The molecule has 1 aromatic rings. The van der Waals surface area contributed by atoms with Gasteiger partial charge in [-0.3, -0.25) is 4.79 Å². The van der Waals surface area contributed by atoms with Crippen LogP contribution in [0.3, 0.4) is 0 Å². The molecular weight excluding hydrogens is 289 g/mol. The number of aliphatic carboxylic acids is 1. The summed E-state index contributed by atoms with van der Waals surface area (Å²) in [5, 5.41) is 9.57. The van der Waals surface area contributed by atoms with Crippen molar-refractivity contribution in [2.75, 3.05) is 6.79 Å². The van der Waals surface area contributed by atoms with Crippen LogP contribution >= 0.6 is 0 Å². The molecule has 0 radical (unpaired) electrons. The Morgan fingerprint density at radius 1 is 1.19 bits per heavy atom. The van der Waals surface area contributed by atoms with E-state index in [-0.39, 0.29) is 36.7 Å². The van der Waals surface area contributed by atoms with Gasteiger partial charge in [0.05, 0.1) is 11.0 Å². The fourth-order valence-electron chi connectivity index (χ4n) is 3.23. The summed E-state index contributed by atoms with van der Waals surface area (Å²) in [5.41, 5.74) is -2.78. The highest BCUT2D eigenvalue weighted by atomic mass is 19.4. The van der Waals surface area contributed by atoms with Gasteiger partial charge in [0.2, 0.25) is 6.79 Å². The molecule has 21 heavy (non-hydrogen) atoms. The summed E-state index contributed by atoms with van der Waals surface area (Å²) in [4.78, 5) is 11.7. The molecule has 114 valence electrons. The zero-order chi connectivity index (χ0) is 15.3. The lowest BCUT2D eigenvalue weighted by atomic mass is 9.75. The van der Waals surface area contributed by atoms with E-state index in [2.05, 4.69) is 0 Å². The number of carbonyl (C=O) groups is 1. The van der Waals surface area contributed by atoms with Crippen LogP contribution in [0.25, 0.3) is 0 Å². The Labute approximate surface area is 118 Å². The van der Waals surface area contributed by atoms with E-state index in [4.69, 9.17) is 9.47 Å². The molecule has 1 heterocycles. The third kappa shape index (κ3) is 2.02. The van der Waals surface area contributed by atoms with Crippen molar-refractivity contribution in [3.63, 3.8) is 0 Å². The van der Waals surface area contributed by atoms with E-state index < -0.39 is 23.1 Å². The molecule has 1 aliphatic heterocycles. The number of halogens is 3. The summed E-state index contributed by atoms with van der Waals surface area (Å²) in [6.07, 6.45) is -3.14. The van der Waals surface area contributed by atoms with Crippen LogP contribution in [0.2, 0.25) is 0 Å². The molecule has 1 N–H and O–H groups in total. The zero-order valence-electron chi connectivity index (χ0n) is 11.0. The van der Waals surface area contributed by atoms with Crippen molar-refractivity contribution >= 4 is 5.97 Å². The van der Waals surface area contributed by atoms with Crippen LogP contribution in [0, 0.1) is 0 Å². The molecule has 3 rings (SSSR count). The van der Waals surface area contributed by atoms with Gasteiger partial charge in [-0.1, -0.05) is 12.8 Å². The van der Waals surface area contributed by atoms with Gasteiger partial charge < -0.3 is 14.6 Å². The number of benzene rings is 1. The van der Waals surface area contributed by atoms with Gasteiger partial charge in [0.25, 0.3) is 0 Å². The molecule has 0 aromatic heterocycles. The van der Waals surface area contributed by atoms with Crippen molar-refractivity contribution in [1.82, 2.24) is 0 Å². The largest absolute Gasteiger partial charge is 0.481 e. The van der Waals surface area contributed by atoms with Crippen LogP contribution in [-0.4, -0.2) is 17.9 Å². The van der Waals surface area contributed by atoms with Gasteiger partial charge in [-0.2, -0.15) is 13.2 Å². The Morgan fingerprint density at radius 2 is 1.86 bits per heavy atom. The lowest BCUT2D eigenvalue weighted by Gasteiger charge is -2.28. The van der Waals surface area contributed by atoms with Crippen LogP contribution in [-0.2, 0) is 16.4 Å². The maximum absolute atomic E-state index is 13.3. The standard InChI is InChI=1S/C14H13F3O4/c15-14(16,17)8-3-4-9-11(21-7-20-9)10(8)13(12(18)19)5-1-2-6-13/h3-4H,1-2,5-7H2,(H,18,19). The predicted octanol–water partition coefficient (Wildman–Crippen LogP) is 3.33. The normalized spacial score (nSPS) is 19.8. The average Bonchev–Trinajstić information content (AvgIpc) is 3.06. The number of alkyl halides is 3. The van der Waals surface area contributed by atoms with E-state index in [0.29, 0.717) is 12.8 Å². The molecule has 0 bridgehead atoms. The summed E-state index contributed by atoms with van der Waals surface area (Å²) < 4.78 is 50.2. The van der Waals surface area contributed by atoms with Gasteiger partial charge in [-0.25, -0.2) is 0 Å². The molecule has 0 spiro atoms. The first-order chi connectivity index (χ1) is 9.86. The van der Waals surface area contributed by atoms with Crippen LogP contribution in [0.4, 0.5) is 13.2 Å². The molecule has 1 aromatic carbocycles. The summed E-state index contributed by atoms with van der Waals surface area (Å²) >= 11 is 0. The second kappa shape index (κ2) is 4.54. The fraction of sp³-hybridized carbons (Fsp3) is 0.500. The minimum absolute atomic E-state index is 0.0749. The van der Waals surface area contributed by atoms with Gasteiger partial charge in [0, 0.05) is 5.56 Å². The molecule has 1 fully saturated rings. The third-order valence-corrected chi connectivity index (χ3v) is 4.19. The second-order valence-electron chi connectivity index (χ2n) is 5.31. The molecule has 1 aliphatic carbocycles. The van der Waals surface area contributed by atoms with Crippen molar-refractivity contribution < 1.29 is 32.5 Å². The van der Waals surface area contributed by atoms with E-state index in [1.54, 1.807) is 0 Å². The number of hydrogen-bond donors (Lipinski definition) is 1. The second-order valence-corrected chi connectivity index (χ2v) is 5.31. The first-order valence-electron chi connectivity index (χ1n) is 6.60. The maximum atomic E-state index is 13.3. The fourth-order valence-corrected chi connectivity index (χ4v) is 3.23. The topological polar surface area (TPSA) is 55.8 Å². The molecule has 4 nitrogen and oxygen atoms in total. The number of ether oxygens (including phenoxy) is 2. The number of hydrogen-bond acceptors (Lipinski definition) is 3. The number of rotatable bonds is 2. The van der Waals surface area contributed by atoms with Crippen LogP contribution in [0.5, 0.6) is 11.5 Å². The van der Waals surface area contributed by atoms with E-state index in [1.165, 1.54) is 6.07 Å².